The molecule has 1 saturated heterocycles. The van der Waals surface area contributed by atoms with Gasteiger partial charge in [0.2, 0.25) is 5.91 Å². The fourth-order valence-electron chi connectivity index (χ4n) is 1.88. The minimum Gasteiger partial charge on any atom is -0.343 e. The van der Waals surface area contributed by atoms with E-state index in [0.717, 1.165) is 25.9 Å². The number of rotatable bonds is 2. The van der Waals surface area contributed by atoms with Crippen LogP contribution in [0.4, 0.5) is 0 Å². The molecule has 2 heteroatoms. The van der Waals surface area contributed by atoms with E-state index in [-0.39, 0.29) is 0 Å². The van der Waals surface area contributed by atoms with E-state index < -0.39 is 0 Å². The number of hydrogen-bond donors (Lipinski definition) is 0. The quantitative estimate of drug-likeness (QED) is 0.619. The minimum absolute atomic E-state index is 0.312. The smallest absolute Gasteiger partial charge is 0.225 e. The van der Waals surface area contributed by atoms with Crippen LogP contribution in [0.5, 0.6) is 0 Å². The first kappa shape index (κ1) is 9.56. The van der Waals surface area contributed by atoms with Crippen molar-refractivity contribution in [2.45, 2.75) is 39.5 Å². The second kappa shape index (κ2) is 4.48. The monoisotopic (exact) mass is 169 g/mol. The van der Waals surface area contributed by atoms with Crippen LogP contribution in [-0.2, 0) is 4.79 Å². The number of hydrogen-bond acceptors (Lipinski definition) is 1. The van der Waals surface area contributed by atoms with Crippen molar-refractivity contribution in [3.8, 4) is 0 Å². The van der Waals surface area contributed by atoms with Crippen LogP contribution < -0.4 is 0 Å². The van der Waals surface area contributed by atoms with Crippen LogP contribution in [0, 0.1) is 5.92 Å². The summed E-state index contributed by atoms with van der Waals surface area (Å²) in [6.07, 6.45) is 4.53. The van der Waals surface area contributed by atoms with Gasteiger partial charge in [-0.3, -0.25) is 4.79 Å². The third-order valence-electron chi connectivity index (χ3n) is 2.77. The van der Waals surface area contributed by atoms with E-state index in [1.165, 1.54) is 12.8 Å². The Bertz CT molecular complexity index is 140. The normalized spacial score (nSPS) is 25.7. The highest BCUT2D eigenvalue weighted by Crippen LogP contribution is 2.19. The lowest BCUT2D eigenvalue weighted by molar-refractivity contribution is -0.134. The first-order chi connectivity index (χ1) is 5.79. The van der Waals surface area contributed by atoms with Gasteiger partial charge in [-0.1, -0.05) is 13.3 Å². The van der Waals surface area contributed by atoms with Crippen molar-refractivity contribution in [1.29, 1.82) is 0 Å². The molecule has 1 aliphatic rings. The Morgan fingerprint density at radius 2 is 2.17 bits per heavy atom. The van der Waals surface area contributed by atoms with Gasteiger partial charge in [-0.25, -0.2) is 0 Å². The topological polar surface area (TPSA) is 20.3 Å². The lowest BCUT2D eigenvalue weighted by Crippen LogP contribution is -2.34. The number of likely N-dealkylation sites (tertiary alicyclic amines) is 1. The molecule has 0 aromatic carbocycles. The van der Waals surface area contributed by atoms with Crippen molar-refractivity contribution in [3.05, 3.63) is 0 Å². The molecule has 0 aromatic heterocycles. The van der Waals surface area contributed by atoms with Gasteiger partial charge in [0.15, 0.2) is 0 Å². The Balaban J connectivity index is 2.59. The molecule has 12 heavy (non-hydrogen) atoms. The van der Waals surface area contributed by atoms with Gasteiger partial charge in [-0.15, -0.1) is 0 Å². The summed E-state index contributed by atoms with van der Waals surface area (Å²) in [5.74, 6) is 0.699. The second-order valence-corrected chi connectivity index (χ2v) is 3.52. The highest BCUT2D eigenvalue weighted by molar-refractivity contribution is 5.78. The summed E-state index contributed by atoms with van der Waals surface area (Å²) < 4.78 is 0. The second-order valence-electron chi connectivity index (χ2n) is 3.52. The maximum absolute atomic E-state index is 11.7. The molecule has 1 amide bonds. The summed E-state index contributed by atoms with van der Waals surface area (Å²) in [6.45, 7) is 6.04. The molecule has 70 valence electrons. The molecule has 0 aromatic rings. The predicted molar refractivity (Wildman–Crippen MR) is 49.9 cm³/mol. The van der Waals surface area contributed by atoms with Gasteiger partial charge in [0.25, 0.3) is 0 Å². The SMILES string of the molecule is CCC1CCCCN(CC)C1=O. The molecule has 2 nitrogen and oxygen atoms in total. The van der Waals surface area contributed by atoms with Crippen LogP contribution >= 0.6 is 0 Å². The molecular weight excluding hydrogens is 150 g/mol. The van der Waals surface area contributed by atoms with E-state index in [2.05, 4.69) is 13.8 Å². The average Bonchev–Trinajstić information content (AvgIpc) is 2.27. The van der Waals surface area contributed by atoms with Gasteiger partial charge in [0.05, 0.1) is 0 Å². The molecule has 0 radical (unpaired) electrons. The Labute approximate surface area is 74.9 Å². The van der Waals surface area contributed by atoms with E-state index in [0.29, 0.717) is 11.8 Å². The van der Waals surface area contributed by atoms with E-state index in [9.17, 15) is 4.79 Å². The van der Waals surface area contributed by atoms with Crippen LogP contribution in [-0.4, -0.2) is 23.9 Å². The molecule has 1 heterocycles. The molecule has 1 unspecified atom stereocenters. The summed E-state index contributed by atoms with van der Waals surface area (Å²) in [5, 5.41) is 0. The van der Waals surface area contributed by atoms with Crippen molar-refractivity contribution in [2.24, 2.45) is 5.92 Å². The molecule has 1 fully saturated rings. The third-order valence-corrected chi connectivity index (χ3v) is 2.77. The third kappa shape index (κ3) is 1.99. The standard InChI is InChI=1S/C10H19NO/c1-3-9-7-5-6-8-11(4-2)10(9)12/h9H,3-8H2,1-2H3. The Morgan fingerprint density at radius 3 is 2.75 bits per heavy atom. The molecular formula is C10H19NO. The van der Waals surface area contributed by atoms with Crippen molar-refractivity contribution < 1.29 is 4.79 Å². The zero-order valence-corrected chi connectivity index (χ0v) is 8.18. The summed E-state index contributed by atoms with van der Waals surface area (Å²) in [5.41, 5.74) is 0. The summed E-state index contributed by atoms with van der Waals surface area (Å²) in [7, 11) is 0. The van der Waals surface area contributed by atoms with Crippen molar-refractivity contribution in [1.82, 2.24) is 4.90 Å². The maximum atomic E-state index is 11.7. The van der Waals surface area contributed by atoms with E-state index in [1.54, 1.807) is 0 Å². The van der Waals surface area contributed by atoms with Crippen LogP contribution in [0.25, 0.3) is 0 Å². The number of carbonyl (C=O) groups excluding carboxylic acids is 1. The molecule has 0 bridgehead atoms. The van der Waals surface area contributed by atoms with Gasteiger partial charge in [-0.05, 0) is 26.2 Å². The Kier molecular flexibility index (Phi) is 3.57. The van der Waals surface area contributed by atoms with Gasteiger partial charge in [0, 0.05) is 19.0 Å². The predicted octanol–water partition coefficient (Wildman–Crippen LogP) is 2.04. The number of nitrogens with zero attached hydrogens (tertiary/aromatic N) is 1. The Hall–Kier alpha value is -0.530. The first-order valence-electron chi connectivity index (χ1n) is 5.08. The summed E-state index contributed by atoms with van der Waals surface area (Å²) >= 11 is 0. The highest BCUT2D eigenvalue weighted by Gasteiger charge is 2.23. The first-order valence-corrected chi connectivity index (χ1v) is 5.08. The van der Waals surface area contributed by atoms with Gasteiger partial charge in [-0.2, -0.15) is 0 Å². The minimum atomic E-state index is 0.312. The molecule has 0 spiro atoms. The maximum Gasteiger partial charge on any atom is 0.225 e. The van der Waals surface area contributed by atoms with Crippen molar-refractivity contribution in [2.75, 3.05) is 13.1 Å². The van der Waals surface area contributed by atoms with Crippen LogP contribution in [0.2, 0.25) is 0 Å². The van der Waals surface area contributed by atoms with Gasteiger partial charge in [0.1, 0.15) is 0 Å². The molecule has 0 N–H and O–H groups in total. The van der Waals surface area contributed by atoms with E-state index in [1.807, 2.05) is 4.90 Å². The largest absolute Gasteiger partial charge is 0.343 e. The van der Waals surface area contributed by atoms with Crippen molar-refractivity contribution >= 4 is 5.91 Å². The average molecular weight is 169 g/mol. The lowest BCUT2D eigenvalue weighted by atomic mass is 10.00. The van der Waals surface area contributed by atoms with Crippen molar-refractivity contribution in [3.63, 3.8) is 0 Å². The zero-order valence-electron chi connectivity index (χ0n) is 8.18. The number of carbonyl (C=O) groups is 1. The van der Waals surface area contributed by atoms with Crippen LogP contribution in [0.15, 0.2) is 0 Å². The molecule has 1 aliphatic heterocycles. The zero-order chi connectivity index (χ0) is 8.97. The highest BCUT2D eigenvalue weighted by atomic mass is 16.2. The van der Waals surface area contributed by atoms with Crippen LogP contribution in [0.3, 0.4) is 0 Å². The summed E-state index contributed by atoms with van der Waals surface area (Å²) in [4.78, 5) is 13.7. The fourth-order valence-corrected chi connectivity index (χ4v) is 1.88. The molecule has 0 saturated carbocycles. The van der Waals surface area contributed by atoms with Gasteiger partial charge >= 0.3 is 0 Å². The van der Waals surface area contributed by atoms with E-state index >= 15 is 0 Å². The van der Waals surface area contributed by atoms with E-state index in [4.69, 9.17) is 0 Å². The lowest BCUT2D eigenvalue weighted by Gasteiger charge is -2.21. The molecule has 1 rings (SSSR count). The summed E-state index contributed by atoms with van der Waals surface area (Å²) in [6, 6.07) is 0. The van der Waals surface area contributed by atoms with Gasteiger partial charge < -0.3 is 4.90 Å². The Morgan fingerprint density at radius 1 is 1.42 bits per heavy atom. The fraction of sp³-hybridized carbons (Fsp3) is 0.900. The van der Waals surface area contributed by atoms with Crippen LogP contribution in [0.1, 0.15) is 39.5 Å². The molecule has 0 aliphatic carbocycles. The molecule has 1 atom stereocenters. The number of amides is 1.